The molecule has 2 aromatic rings. The smallest absolute Gasteiger partial charge is 0.315 e. The lowest BCUT2D eigenvalue weighted by molar-refractivity contribution is -0.118. The van der Waals surface area contributed by atoms with Crippen molar-refractivity contribution < 1.29 is 9.59 Å². The van der Waals surface area contributed by atoms with Crippen LogP contribution in [-0.4, -0.2) is 48.6 Å². The van der Waals surface area contributed by atoms with Crippen molar-refractivity contribution in [3.63, 3.8) is 0 Å². The van der Waals surface area contributed by atoms with Crippen LogP contribution in [0.1, 0.15) is 24.8 Å². The number of urea groups is 1. The van der Waals surface area contributed by atoms with Crippen LogP contribution in [0.15, 0.2) is 60.7 Å². The van der Waals surface area contributed by atoms with Gasteiger partial charge in [0.25, 0.3) is 0 Å². The highest BCUT2D eigenvalue weighted by atomic mass is 16.2. The summed E-state index contributed by atoms with van der Waals surface area (Å²) in [6.07, 6.45) is 2.49. The molecule has 2 N–H and O–H groups in total. The van der Waals surface area contributed by atoms with E-state index >= 15 is 0 Å². The summed E-state index contributed by atoms with van der Waals surface area (Å²) >= 11 is 0. The zero-order valence-corrected chi connectivity index (χ0v) is 16.6. The van der Waals surface area contributed by atoms with E-state index in [0.29, 0.717) is 13.0 Å². The summed E-state index contributed by atoms with van der Waals surface area (Å²) in [7, 11) is 0. The van der Waals surface area contributed by atoms with Crippen LogP contribution < -0.4 is 15.5 Å². The molecular formula is C23H28N4O2. The van der Waals surface area contributed by atoms with E-state index in [1.807, 2.05) is 36.4 Å². The molecule has 4 rings (SSSR count). The Bertz CT molecular complexity index is 819. The van der Waals surface area contributed by atoms with Gasteiger partial charge in [0.05, 0.1) is 0 Å². The molecule has 0 bridgehead atoms. The molecule has 2 aliphatic rings. The molecule has 2 fully saturated rings. The quantitative estimate of drug-likeness (QED) is 0.822. The van der Waals surface area contributed by atoms with Gasteiger partial charge in [0.1, 0.15) is 6.04 Å². The third-order valence-electron chi connectivity index (χ3n) is 5.75. The lowest BCUT2D eigenvalue weighted by Gasteiger charge is -2.32. The number of hydrogen-bond acceptors (Lipinski definition) is 3. The van der Waals surface area contributed by atoms with Gasteiger partial charge in [-0.2, -0.15) is 0 Å². The second kappa shape index (κ2) is 9.09. The first-order valence-corrected chi connectivity index (χ1v) is 10.4. The number of carbonyl (C=O) groups excluding carboxylic acids is 2. The number of nitrogens with zero attached hydrogens (tertiary/aromatic N) is 2. The monoisotopic (exact) mass is 392 g/mol. The van der Waals surface area contributed by atoms with E-state index in [1.54, 1.807) is 4.90 Å². The molecule has 0 radical (unpaired) electrons. The van der Waals surface area contributed by atoms with Crippen LogP contribution in [0, 0.1) is 0 Å². The molecule has 152 valence electrons. The van der Waals surface area contributed by atoms with Crippen molar-refractivity contribution in [1.29, 1.82) is 0 Å². The lowest BCUT2D eigenvalue weighted by atomic mass is 10.0. The Morgan fingerprint density at radius 1 is 0.862 bits per heavy atom. The maximum absolute atomic E-state index is 12.6. The number of hydrogen-bond donors (Lipinski definition) is 2. The molecule has 0 aliphatic carbocycles. The Morgan fingerprint density at radius 2 is 1.52 bits per heavy atom. The Hall–Kier alpha value is -2.86. The number of carbonyl (C=O) groups is 2. The minimum absolute atomic E-state index is 0.0379. The Kier molecular flexibility index (Phi) is 6.10. The van der Waals surface area contributed by atoms with Gasteiger partial charge in [0, 0.05) is 37.9 Å². The molecule has 2 aliphatic heterocycles. The Balaban J connectivity index is 1.21. The number of benzene rings is 2. The van der Waals surface area contributed by atoms with Gasteiger partial charge >= 0.3 is 6.03 Å². The second-order valence-electron chi connectivity index (χ2n) is 7.82. The van der Waals surface area contributed by atoms with Crippen LogP contribution in [-0.2, 0) is 11.3 Å². The van der Waals surface area contributed by atoms with Gasteiger partial charge in [-0.1, -0.05) is 48.5 Å². The Labute approximate surface area is 171 Å². The van der Waals surface area contributed by atoms with Crippen LogP contribution in [0.25, 0.3) is 0 Å². The number of piperidine rings is 1. The minimum Gasteiger partial charge on any atom is -0.335 e. The first-order chi connectivity index (χ1) is 14.2. The molecule has 2 aromatic carbocycles. The van der Waals surface area contributed by atoms with E-state index in [0.717, 1.165) is 38.2 Å². The van der Waals surface area contributed by atoms with E-state index in [-0.39, 0.29) is 18.0 Å². The SMILES string of the molecule is O=C(NC1CCN(Cc2ccccc2)CC1)NC1CCN(c2ccccc2)C1=O. The van der Waals surface area contributed by atoms with Crippen molar-refractivity contribution in [2.24, 2.45) is 0 Å². The van der Waals surface area contributed by atoms with E-state index in [9.17, 15) is 9.59 Å². The van der Waals surface area contributed by atoms with Gasteiger partial charge < -0.3 is 15.5 Å². The normalized spacial score (nSPS) is 20.6. The number of anilines is 1. The predicted octanol–water partition coefficient (Wildman–Crippen LogP) is 2.76. The first kappa shape index (κ1) is 19.5. The number of amides is 3. The summed E-state index contributed by atoms with van der Waals surface area (Å²) in [5, 5.41) is 5.93. The molecule has 6 nitrogen and oxygen atoms in total. The van der Waals surface area contributed by atoms with Crippen molar-refractivity contribution in [1.82, 2.24) is 15.5 Å². The van der Waals surface area contributed by atoms with Crippen LogP contribution in [0.3, 0.4) is 0 Å². The predicted molar refractivity (Wildman–Crippen MR) is 114 cm³/mol. The van der Waals surface area contributed by atoms with Gasteiger partial charge in [0.15, 0.2) is 0 Å². The van der Waals surface area contributed by atoms with Crippen molar-refractivity contribution in [2.75, 3.05) is 24.5 Å². The number of nitrogens with one attached hydrogen (secondary N) is 2. The molecular weight excluding hydrogens is 364 g/mol. The molecule has 6 heteroatoms. The van der Waals surface area contributed by atoms with Crippen LogP contribution in [0.4, 0.5) is 10.5 Å². The molecule has 3 amide bonds. The largest absolute Gasteiger partial charge is 0.335 e. The van der Waals surface area contributed by atoms with Crippen LogP contribution in [0.5, 0.6) is 0 Å². The van der Waals surface area contributed by atoms with Crippen molar-refractivity contribution in [2.45, 2.75) is 37.9 Å². The third kappa shape index (κ3) is 4.95. The van der Waals surface area contributed by atoms with Gasteiger partial charge in [-0.25, -0.2) is 4.79 Å². The van der Waals surface area contributed by atoms with Gasteiger partial charge in [-0.3, -0.25) is 9.69 Å². The fraction of sp³-hybridized carbons (Fsp3) is 0.391. The summed E-state index contributed by atoms with van der Waals surface area (Å²) in [5.41, 5.74) is 2.20. The van der Waals surface area contributed by atoms with Gasteiger partial charge in [-0.05, 0) is 37.0 Å². The first-order valence-electron chi connectivity index (χ1n) is 10.4. The topological polar surface area (TPSA) is 64.7 Å². The van der Waals surface area contributed by atoms with Gasteiger partial charge in [-0.15, -0.1) is 0 Å². The van der Waals surface area contributed by atoms with E-state index in [1.165, 1.54) is 5.56 Å². The minimum atomic E-state index is -0.451. The summed E-state index contributed by atoms with van der Waals surface area (Å²) in [6, 6.07) is 19.5. The highest BCUT2D eigenvalue weighted by Gasteiger charge is 2.34. The van der Waals surface area contributed by atoms with Gasteiger partial charge in [0.2, 0.25) is 5.91 Å². The summed E-state index contributed by atoms with van der Waals surface area (Å²) in [6.45, 7) is 3.51. The summed E-state index contributed by atoms with van der Waals surface area (Å²) in [4.78, 5) is 29.2. The lowest BCUT2D eigenvalue weighted by Crippen LogP contribution is -2.51. The zero-order valence-electron chi connectivity index (χ0n) is 16.6. The molecule has 29 heavy (non-hydrogen) atoms. The number of rotatable bonds is 5. The van der Waals surface area contributed by atoms with Crippen molar-refractivity contribution in [3.8, 4) is 0 Å². The van der Waals surface area contributed by atoms with E-state index in [4.69, 9.17) is 0 Å². The van der Waals surface area contributed by atoms with Crippen molar-refractivity contribution >= 4 is 17.6 Å². The summed E-state index contributed by atoms with van der Waals surface area (Å²) in [5.74, 6) is -0.0379. The maximum atomic E-state index is 12.6. The van der Waals surface area contributed by atoms with Crippen LogP contribution in [0.2, 0.25) is 0 Å². The Morgan fingerprint density at radius 3 is 2.21 bits per heavy atom. The zero-order chi connectivity index (χ0) is 20.1. The van der Waals surface area contributed by atoms with Crippen LogP contribution >= 0.6 is 0 Å². The molecule has 0 spiro atoms. The standard InChI is InChI=1S/C23H28N4O2/c28-22-21(13-16-27(22)20-9-5-2-6-10-20)25-23(29)24-19-11-14-26(15-12-19)17-18-7-3-1-4-8-18/h1-10,19,21H,11-17H2,(H2,24,25,29). The summed E-state index contributed by atoms with van der Waals surface area (Å²) < 4.78 is 0. The molecule has 2 heterocycles. The maximum Gasteiger partial charge on any atom is 0.315 e. The fourth-order valence-electron chi connectivity index (χ4n) is 4.14. The van der Waals surface area contributed by atoms with E-state index in [2.05, 4.69) is 39.8 Å². The molecule has 0 saturated carbocycles. The number of likely N-dealkylation sites (tertiary alicyclic amines) is 1. The average molecular weight is 393 g/mol. The molecule has 1 unspecified atom stereocenters. The molecule has 2 saturated heterocycles. The van der Waals surface area contributed by atoms with E-state index < -0.39 is 6.04 Å². The molecule has 1 atom stereocenters. The van der Waals surface area contributed by atoms with Crippen molar-refractivity contribution in [3.05, 3.63) is 66.2 Å². The molecule has 0 aromatic heterocycles. The average Bonchev–Trinajstić information content (AvgIpc) is 3.11. The number of para-hydroxylation sites is 1. The second-order valence-corrected chi connectivity index (χ2v) is 7.82. The third-order valence-corrected chi connectivity index (χ3v) is 5.75. The highest BCUT2D eigenvalue weighted by molar-refractivity contribution is 6.01. The fourth-order valence-corrected chi connectivity index (χ4v) is 4.14. The highest BCUT2D eigenvalue weighted by Crippen LogP contribution is 2.21.